The van der Waals surface area contributed by atoms with Crippen LogP contribution in [0.3, 0.4) is 0 Å². The quantitative estimate of drug-likeness (QED) is 0.363. The van der Waals surface area contributed by atoms with Crippen molar-refractivity contribution < 1.29 is 14.1 Å². The molecule has 0 aliphatic rings. The number of nitrogens with one attached hydrogen (secondary N) is 1. The number of halogens is 1. The summed E-state index contributed by atoms with van der Waals surface area (Å²) >= 11 is 5.78. The van der Waals surface area contributed by atoms with Gasteiger partial charge >= 0.3 is 0 Å². The number of rotatable bonds is 5. The first-order valence-corrected chi connectivity index (χ1v) is 8.69. The molecular formula is C20H16ClN3O4. The molecule has 1 aromatic heterocycles. The van der Waals surface area contributed by atoms with E-state index in [4.69, 9.17) is 16.0 Å². The number of hydrogen-bond donors (Lipinski definition) is 1. The van der Waals surface area contributed by atoms with E-state index in [2.05, 4.69) is 10.3 Å². The lowest BCUT2D eigenvalue weighted by atomic mass is 10.2. The van der Waals surface area contributed by atoms with Crippen LogP contribution in [0, 0.1) is 24.0 Å². The third-order valence-electron chi connectivity index (χ3n) is 4.00. The van der Waals surface area contributed by atoms with E-state index >= 15 is 0 Å². The fourth-order valence-corrected chi connectivity index (χ4v) is 2.64. The SMILES string of the molecule is Cc1nc(-c2cccc(NC(=O)C=Cc3ccc(Cl)c([N+](=O)[O-])c3)c2)oc1C. The number of amides is 1. The minimum atomic E-state index is -0.572. The summed E-state index contributed by atoms with van der Waals surface area (Å²) in [6, 6.07) is 11.4. The highest BCUT2D eigenvalue weighted by Crippen LogP contribution is 2.26. The molecule has 1 amide bonds. The molecule has 0 spiro atoms. The summed E-state index contributed by atoms with van der Waals surface area (Å²) in [6.07, 6.45) is 2.77. The Bertz CT molecular complexity index is 1070. The second-order valence-electron chi connectivity index (χ2n) is 6.03. The maximum absolute atomic E-state index is 12.2. The third-order valence-corrected chi connectivity index (χ3v) is 4.32. The van der Waals surface area contributed by atoms with Gasteiger partial charge < -0.3 is 9.73 Å². The van der Waals surface area contributed by atoms with Gasteiger partial charge in [0.15, 0.2) is 0 Å². The van der Waals surface area contributed by atoms with E-state index in [1.165, 1.54) is 24.3 Å². The molecule has 7 nitrogen and oxygen atoms in total. The zero-order chi connectivity index (χ0) is 20.3. The number of nitro benzene ring substituents is 1. The molecule has 0 fully saturated rings. The van der Waals surface area contributed by atoms with Crippen LogP contribution in [-0.2, 0) is 4.79 Å². The Morgan fingerprint density at radius 1 is 1.25 bits per heavy atom. The van der Waals surface area contributed by atoms with Gasteiger partial charge in [-0.3, -0.25) is 14.9 Å². The van der Waals surface area contributed by atoms with Crippen LogP contribution in [0.2, 0.25) is 5.02 Å². The molecule has 0 saturated carbocycles. The zero-order valence-electron chi connectivity index (χ0n) is 15.1. The maximum atomic E-state index is 12.2. The summed E-state index contributed by atoms with van der Waals surface area (Å²) in [7, 11) is 0. The van der Waals surface area contributed by atoms with Crippen molar-refractivity contribution in [3.8, 4) is 11.5 Å². The number of aryl methyl sites for hydroxylation is 2. The molecule has 2 aromatic carbocycles. The fraction of sp³-hybridized carbons (Fsp3) is 0.100. The smallest absolute Gasteiger partial charge is 0.288 e. The number of oxazole rings is 1. The van der Waals surface area contributed by atoms with E-state index in [1.807, 2.05) is 19.9 Å². The highest BCUT2D eigenvalue weighted by Gasteiger charge is 2.12. The number of anilines is 1. The summed E-state index contributed by atoms with van der Waals surface area (Å²) in [6.45, 7) is 3.70. The number of aromatic nitrogens is 1. The normalized spacial score (nSPS) is 11.0. The zero-order valence-corrected chi connectivity index (χ0v) is 15.9. The molecule has 0 saturated heterocycles. The summed E-state index contributed by atoms with van der Waals surface area (Å²) in [5.74, 6) is 0.842. The van der Waals surface area contributed by atoms with Crippen LogP contribution >= 0.6 is 11.6 Å². The number of hydrogen-bond acceptors (Lipinski definition) is 5. The van der Waals surface area contributed by atoms with Crippen LogP contribution in [0.5, 0.6) is 0 Å². The number of nitro groups is 1. The molecule has 142 valence electrons. The maximum Gasteiger partial charge on any atom is 0.288 e. The molecule has 28 heavy (non-hydrogen) atoms. The molecule has 3 rings (SSSR count). The van der Waals surface area contributed by atoms with E-state index in [-0.39, 0.29) is 16.6 Å². The number of nitrogens with zero attached hydrogens (tertiary/aromatic N) is 2. The van der Waals surface area contributed by atoms with E-state index in [0.717, 1.165) is 17.0 Å². The third kappa shape index (κ3) is 4.44. The van der Waals surface area contributed by atoms with Gasteiger partial charge in [-0.05, 0) is 49.8 Å². The van der Waals surface area contributed by atoms with Crippen molar-refractivity contribution in [1.82, 2.24) is 4.98 Å². The molecule has 1 N–H and O–H groups in total. The van der Waals surface area contributed by atoms with Crippen LogP contribution in [0.25, 0.3) is 17.5 Å². The van der Waals surface area contributed by atoms with Gasteiger partial charge in [0.2, 0.25) is 11.8 Å². The van der Waals surface area contributed by atoms with Gasteiger partial charge in [-0.25, -0.2) is 4.98 Å². The second kappa shape index (κ2) is 8.06. The minimum Gasteiger partial charge on any atom is -0.441 e. The summed E-state index contributed by atoms with van der Waals surface area (Å²) < 4.78 is 5.60. The average Bonchev–Trinajstić information content (AvgIpc) is 3.00. The van der Waals surface area contributed by atoms with Gasteiger partial charge in [0.25, 0.3) is 5.69 Å². The van der Waals surface area contributed by atoms with Crippen LogP contribution < -0.4 is 5.32 Å². The topological polar surface area (TPSA) is 98.3 Å². The van der Waals surface area contributed by atoms with Crippen molar-refractivity contribution in [2.75, 3.05) is 5.32 Å². The van der Waals surface area contributed by atoms with Crippen molar-refractivity contribution in [1.29, 1.82) is 0 Å². The molecule has 3 aromatic rings. The van der Waals surface area contributed by atoms with Crippen LogP contribution in [0.4, 0.5) is 11.4 Å². The second-order valence-corrected chi connectivity index (χ2v) is 6.44. The first kappa shape index (κ1) is 19.3. The molecule has 0 unspecified atom stereocenters. The lowest BCUT2D eigenvalue weighted by Gasteiger charge is -2.04. The lowest BCUT2D eigenvalue weighted by molar-refractivity contribution is -0.384. The van der Waals surface area contributed by atoms with E-state index in [9.17, 15) is 14.9 Å². The standard InChI is InChI=1S/C20H16ClN3O4/c1-12-13(2)28-20(22-12)15-4-3-5-16(11-15)23-19(25)9-7-14-6-8-17(21)18(10-14)24(26)27/h3-11H,1-2H3,(H,23,25). The highest BCUT2D eigenvalue weighted by molar-refractivity contribution is 6.32. The molecule has 0 aliphatic carbocycles. The molecule has 8 heteroatoms. The molecular weight excluding hydrogens is 382 g/mol. The number of carbonyl (C=O) groups is 1. The van der Waals surface area contributed by atoms with E-state index < -0.39 is 4.92 Å². The first-order valence-electron chi connectivity index (χ1n) is 8.31. The Morgan fingerprint density at radius 2 is 2.04 bits per heavy atom. The van der Waals surface area contributed by atoms with Gasteiger partial charge in [0.1, 0.15) is 10.8 Å². The molecule has 0 bridgehead atoms. The van der Waals surface area contributed by atoms with Gasteiger partial charge in [-0.15, -0.1) is 0 Å². The van der Waals surface area contributed by atoms with Gasteiger partial charge in [-0.1, -0.05) is 23.7 Å². The van der Waals surface area contributed by atoms with Gasteiger partial charge in [0.05, 0.1) is 10.6 Å². The largest absolute Gasteiger partial charge is 0.441 e. The van der Waals surface area contributed by atoms with Crippen LogP contribution in [-0.4, -0.2) is 15.8 Å². The molecule has 0 aliphatic heterocycles. The Morgan fingerprint density at radius 3 is 2.71 bits per heavy atom. The van der Waals surface area contributed by atoms with Crippen LogP contribution in [0.1, 0.15) is 17.0 Å². The molecule has 0 atom stereocenters. The molecule has 1 heterocycles. The van der Waals surface area contributed by atoms with Crippen molar-refractivity contribution in [3.05, 3.63) is 80.7 Å². The summed E-state index contributed by atoms with van der Waals surface area (Å²) in [5, 5.41) is 13.7. The number of carbonyl (C=O) groups excluding carboxylic acids is 1. The van der Waals surface area contributed by atoms with Crippen molar-refractivity contribution in [3.63, 3.8) is 0 Å². The van der Waals surface area contributed by atoms with Crippen molar-refractivity contribution in [2.45, 2.75) is 13.8 Å². The fourth-order valence-electron chi connectivity index (χ4n) is 2.46. The monoisotopic (exact) mass is 397 g/mol. The van der Waals surface area contributed by atoms with E-state index in [0.29, 0.717) is 17.1 Å². The van der Waals surface area contributed by atoms with Gasteiger partial charge in [0, 0.05) is 23.4 Å². The summed E-state index contributed by atoms with van der Waals surface area (Å²) in [5.41, 5.74) is 2.40. The van der Waals surface area contributed by atoms with Gasteiger partial charge in [-0.2, -0.15) is 0 Å². The molecule has 0 radical (unpaired) electrons. The van der Waals surface area contributed by atoms with Crippen molar-refractivity contribution >= 4 is 35.0 Å². The minimum absolute atomic E-state index is 0.0421. The predicted octanol–water partition coefficient (Wildman–Crippen LogP) is 5.17. The number of benzene rings is 2. The Balaban J connectivity index is 1.73. The van der Waals surface area contributed by atoms with E-state index in [1.54, 1.807) is 24.3 Å². The summed E-state index contributed by atoms with van der Waals surface area (Å²) in [4.78, 5) is 26.9. The van der Waals surface area contributed by atoms with Crippen molar-refractivity contribution in [2.24, 2.45) is 0 Å². The predicted molar refractivity (Wildman–Crippen MR) is 107 cm³/mol. The highest BCUT2D eigenvalue weighted by atomic mass is 35.5. The Kier molecular flexibility index (Phi) is 5.56. The lowest BCUT2D eigenvalue weighted by Crippen LogP contribution is -2.07. The average molecular weight is 398 g/mol. The Labute approximate surface area is 165 Å². The first-order chi connectivity index (χ1) is 13.3. The Hall–Kier alpha value is -3.45. The van der Waals surface area contributed by atoms with Crippen LogP contribution in [0.15, 0.2) is 53.0 Å².